The van der Waals surface area contributed by atoms with Crippen molar-refractivity contribution in [2.24, 2.45) is 0 Å². The molecule has 0 radical (unpaired) electrons. The number of carbonyl (C=O) groups excluding carboxylic acids is 1. The number of aromatic carboxylic acids is 1. The van der Waals surface area contributed by atoms with Crippen LogP contribution in [0.3, 0.4) is 0 Å². The molecule has 0 aliphatic heterocycles. The number of rotatable bonds is 4. The van der Waals surface area contributed by atoms with Crippen molar-refractivity contribution in [3.8, 4) is 0 Å². The average Bonchev–Trinajstić information content (AvgIpc) is 2.72. The van der Waals surface area contributed by atoms with Gasteiger partial charge in [0.25, 0.3) is 11.4 Å². The van der Waals surface area contributed by atoms with Crippen molar-refractivity contribution in [3.63, 3.8) is 0 Å². The molecule has 0 atom stereocenters. The van der Waals surface area contributed by atoms with Crippen LogP contribution in [0.5, 0.6) is 0 Å². The highest BCUT2D eigenvalue weighted by atomic mass is 16.6. The minimum absolute atomic E-state index is 0.00870. The van der Waals surface area contributed by atoms with Crippen molar-refractivity contribution in [2.75, 3.05) is 14.2 Å². The average molecular weight is 436 g/mol. The molecule has 0 spiro atoms. The number of aliphatic hydroxyl groups is 1. The standard InChI is InChI=1S/C10H11NO4.C9H9NO4.CH4O/c1-6-4-5-8(10(12)15-3)9(7(6)2)11(13)14;1-5-3-4-7(9(11)12)8(6(5)2)10(13)14;1-2/h4-5H,1-3H3;3-4H,1-2H3,(H,11,12);2H,1H3. The summed E-state index contributed by atoms with van der Waals surface area (Å²) in [6, 6.07) is 5.88. The summed E-state index contributed by atoms with van der Waals surface area (Å²) < 4.78 is 4.48. The Morgan fingerprint density at radius 1 is 0.806 bits per heavy atom. The summed E-state index contributed by atoms with van der Waals surface area (Å²) in [4.78, 5) is 42.2. The van der Waals surface area contributed by atoms with Crippen LogP contribution in [0.1, 0.15) is 43.0 Å². The van der Waals surface area contributed by atoms with Gasteiger partial charge in [-0.15, -0.1) is 0 Å². The van der Waals surface area contributed by atoms with E-state index in [0.717, 1.165) is 12.7 Å². The van der Waals surface area contributed by atoms with Gasteiger partial charge in [0.1, 0.15) is 11.1 Å². The number of nitro benzene ring substituents is 2. The van der Waals surface area contributed by atoms with Crippen molar-refractivity contribution in [3.05, 3.63) is 77.9 Å². The third-order valence-corrected chi connectivity index (χ3v) is 4.40. The number of hydrogen-bond donors (Lipinski definition) is 2. The lowest BCUT2D eigenvalue weighted by atomic mass is 10.0. The van der Waals surface area contributed by atoms with Gasteiger partial charge < -0.3 is 14.9 Å². The van der Waals surface area contributed by atoms with Crippen LogP contribution in [-0.4, -0.2) is 46.2 Å². The van der Waals surface area contributed by atoms with E-state index in [-0.39, 0.29) is 22.5 Å². The SMILES string of the molecule is CO.COC(=O)c1ccc(C)c(C)c1[N+](=O)[O-].Cc1ccc(C(=O)O)c([N+](=O)[O-])c1C. The van der Waals surface area contributed by atoms with Gasteiger partial charge in [0.2, 0.25) is 0 Å². The Bertz CT molecular complexity index is 1000. The summed E-state index contributed by atoms with van der Waals surface area (Å²) >= 11 is 0. The zero-order valence-electron chi connectivity index (χ0n) is 18.0. The number of carboxylic acids is 1. The second kappa shape index (κ2) is 12.0. The van der Waals surface area contributed by atoms with Crippen molar-refractivity contribution >= 4 is 23.3 Å². The number of methoxy groups -OCH3 is 1. The molecule has 2 aromatic rings. The van der Waals surface area contributed by atoms with Crippen LogP contribution in [-0.2, 0) is 4.74 Å². The van der Waals surface area contributed by atoms with E-state index in [1.165, 1.54) is 19.2 Å². The highest BCUT2D eigenvalue weighted by molar-refractivity contribution is 5.94. The molecule has 11 heteroatoms. The first-order valence-electron chi connectivity index (χ1n) is 8.69. The van der Waals surface area contributed by atoms with Gasteiger partial charge in [0.05, 0.1) is 17.0 Å². The van der Waals surface area contributed by atoms with Gasteiger partial charge >= 0.3 is 11.9 Å². The van der Waals surface area contributed by atoms with E-state index in [1.54, 1.807) is 39.8 Å². The van der Waals surface area contributed by atoms with E-state index in [9.17, 15) is 29.8 Å². The van der Waals surface area contributed by atoms with Crippen molar-refractivity contribution < 1.29 is 34.4 Å². The zero-order chi connectivity index (χ0) is 24.5. The van der Waals surface area contributed by atoms with Gasteiger partial charge in [0.15, 0.2) is 0 Å². The van der Waals surface area contributed by atoms with Gasteiger partial charge in [0, 0.05) is 18.2 Å². The Balaban J connectivity index is 0.000000539. The Morgan fingerprint density at radius 2 is 1.16 bits per heavy atom. The third-order valence-electron chi connectivity index (χ3n) is 4.40. The van der Waals surface area contributed by atoms with Crippen LogP contribution in [0.4, 0.5) is 11.4 Å². The topological polar surface area (TPSA) is 170 Å². The Labute approximate surface area is 178 Å². The lowest BCUT2D eigenvalue weighted by Crippen LogP contribution is -2.07. The number of hydrogen-bond acceptors (Lipinski definition) is 8. The molecule has 0 saturated heterocycles. The summed E-state index contributed by atoms with van der Waals surface area (Å²) in [5, 5.41) is 37.2. The lowest BCUT2D eigenvalue weighted by molar-refractivity contribution is -0.385. The number of aryl methyl sites for hydroxylation is 2. The first-order valence-corrected chi connectivity index (χ1v) is 8.69. The molecule has 0 unspecified atom stereocenters. The fraction of sp³-hybridized carbons (Fsp3) is 0.300. The summed E-state index contributed by atoms with van der Waals surface area (Å²) in [6.07, 6.45) is 0. The molecule has 0 heterocycles. The molecule has 2 N–H and O–H groups in total. The van der Waals surface area contributed by atoms with Crippen LogP contribution in [0.2, 0.25) is 0 Å². The van der Waals surface area contributed by atoms with E-state index in [2.05, 4.69) is 4.74 Å². The van der Waals surface area contributed by atoms with Crippen molar-refractivity contribution in [1.82, 2.24) is 0 Å². The molecule has 0 saturated carbocycles. The molecule has 0 bridgehead atoms. The Morgan fingerprint density at radius 3 is 1.48 bits per heavy atom. The fourth-order valence-electron chi connectivity index (χ4n) is 2.52. The molecule has 0 aliphatic rings. The number of nitrogens with zero attached hydrogens (tertiary/aromatic N) is 2. The molecule has 31 heavy (non-hydrogen) atoms. The van der Waals surface area contributed by atoms with Gasteiger partial charge in [-0.05, 0) is 51.0 Å². The molecular formula is C20H24N2O9. The van der Waals surface area contributed by atoms with Crippen LogP contribution in [0.25, 0.3) is 0 Å². The summed E-state index contributed by atoms with van der Waals surface area (Å²) in [7, 11) is 2.20. The minimum atomic E-state index is -1.28. The van der Waals surface area contributed by atoms with Crippen LogP contribution in [0.15, 0.2) is 24.3 Å². The fourth-order valence-corrected chi connectivity index (χ4v) is 2.52. The quantitative estimate of drug-likeness (QED) is 0.413. The summed E-state index contributed by atoms with van der Waals surface area (Å²) in [6.45, 7) is 6.61. The third kappa shape index (κ3) is 6.57. The van der Waals surface area contributed by atoms with E-state index in [0.29, 0.717) is 16.7 Å². The van der Waals surface area contributed by atoms with E-state index in [4.69, 9.17) is 10.2 Å². The van der Waals surface area contributed by atoms with Crippen LogP contribution in [0, 0.1) is 47.9 Å². The molecule has 168 valence electrons. The largest absolute Gasteiger partial charge is 0.477 e. The number of carbonyl (C=O) groups is 2. The smallest absolute Gasteiger partial charge is 0.344 e. The van der Waals surface area contributed by atoms with E-state index in [1.807, 2.05) is 0 Å². The van der Waals surface area contributed by atoms with E-state index < -0.39 is 21.8 Å². The number of carboxylic acid groups (broad SMARTS) is 1. The summed E-state index contributed by atoms with van der Waals surface area (Å²) in [5.41, 5.74) is 1.59. The normalized spacial score (nSPS) is 9.39. The van der Waals surface area contributed by atoms with Gasteiger partial charge in [-0.25, -0.2) is 9.59 Å². The van der Waals surface area contributed by atoms with Crippen LogP contribution >= 0.6 is 0 Å². The highest BCUT2D eigenvalue weighted by Crippen LogP contribution is 2.27. The predicted octanol–water partition coefficient (Wildman–Crippen LogP) is 3.52. The van der Waals surface area contributed by atoms with Crippen molar-refractivity contribution in [1.29, 1.82) is 0 Å². The zero-order valence-corrected chi connectivity index (χ0v) is 18.0. The predicted molar refractivity (Wildman–Crippen MR) is 112 cm³/mol. The number of aliphatic hydroxyl groups excluding tert-OH is 1. The highest BCUT2D eigenvalue weighted by Gasteiger charge is 2.24. The number of esters is 1. The maximum absolute atomic E-state index is 11.3. The molecule has 11 nitrogen and oxygen atoms in total. The van der Waals surface area contributed by atoms with Gasteiger partial charge in [-0.2, -0.15) is 0 Å². The maximum Gasteiger partial charge on any atom is 0.344 e. The number of benzene rings is 2. The maximum atomic E-state index is 11.3. The first kappa shape index (κ1) is 27.1. The number of nitro groups is 2. The molecule has 0 aliphatic carbocycles. The molecule has 0 amide bonds. The van der Waals surface area contributed by atoms with E-state index >= 15 is 0 Å². The van der Waals surface area contributed by atoms with Gasteiger partial charge in [-0.3, -0.25) is 20.2 Å². The Hall–Kier alpha value is -3.86. The molecule has 2 rings (SSSR count). The Kier molecular flexibility index (Phi) is 10.5. The van der Waals surface area contributed by atoms with Crippen LogP contribution < -0.4 is 0 Å². The second-order valence-corrected chi connectivity index (χ2v) is 6.12. The lowest BCUT2D eigenvalue weighted by Gasteiger charge is -2.05. The van der Waals surface area contributed by atoms with Gasteiger partial charge in [-0.1, -0.05) is 12.1 Å². The minimum Gasteiger partial charge on any atom is -0.477 e. The molecule has 0 aromatic heterocycles. The monoisotopic (exact) mass is 436 g/mol. The summed E-state index contributed by atoms with van der Waals surface area (Å²) in [5.74, 6) is -1.97. The molecule has 0 fully saturated rings. The first-order chi connectivity index (χ1) is 14.4. The number of ether oxygens (including phenoxy) is 1. The van der Waals surface area contributed by atoms with Crippen molar-refractivity contribution in [2.45, 2.75) is 27.7 Å². The second-order valence-electron chi connectivity index (χ2n) is 6.12. The molecular weight excluding hydrogens is 412 g/mol. The molecule has 2 aromatic carbocycles.